The summed E-state index contributed by atoms with van der Waals surface area (Å²) < 4.78 is 20.6. The average molecular weight is 396 g/mol. The molecule has 0 atom stereocenters. The van der Waals surface area contributed by atoms with E-state index in [1.54, 1.807) is 19.5 Å². The maximum Gasteiger partial charge on any atom is 0.234 e. The largest absolute Gasteiger partial charge is 0.497 e. The van der Waals surface area contributed by atoms with Gasteiger partial charge in [-0.3, -0.25) is 9.69 Å². The Bertz CT molecular complexity index is 978. The highest BCUT2D eigenvalue weighted by Gasteiger charge is 2.23. The lowest BCUT2D eigenvalue weighted by Crippen LogP contribution is -2.41. The van der Waals surface area contributed by atoms with Crippen molar-refractivity contribution < 1.29 is 13.9 Å². The Labute approximate surface area is 169 Å². The van der Waals surface area contributed by atoms with Gasteiger partial charge in [0.25, 0.3) is 0 Å². The molecule has 1 aromatic heterocycles. The van der Waals surface area contributed by atoms with E-state index in [9.17, 15) is 9.18 Å². The number of likely N-dealkylation sites (tertiary alicyclic amines) is 1. The molecule has 1 N–H and O–H groups in total. The summed E-state index contributed by atoms with van der Waals surface area (Å²) in [6.45, 7) is 2.61. The van der Waals surface area contributed by atoms with E-state index >= 15 is 0 Å². The number of nitrogens with zero attached hydrogens (tertiary/aromatic N) is 3. The molecule has 4 rings (SSSR count). The quantitative estimate of drug-likeness (QED) is 0.696. The molecule has 1 fully saturated rings. The number of rotatable bonds is 6. The molecule has 2 heterocycles. The van der Waals surface area contributed by atoms with Crippen molar-refractivity contribution in [3.05, 3.63) is 60.2 Å². The number of aromatic nitrogens is 2. The number of carbonyl (C=O) groups is 1. The number of piperidine rings is 1. The van der Waals surface area contributed by atoms with Crippen molar-refractivity contribution in [3.63, 3.8) is 0 Å². The first-order valence-corrected chi connectivity index (χ1v) is 9.86. The predicted octanol–water partition coefficient (Wildman–Crippen LogP) is 3.14. The van der Waals surface area contributed by atoms with Crippen LogP contribution >= 0.6 is 0 Å². The van der Waals surface area contributed by atoms with Crippen LogP contribution in [0.2, 0.25) is 0 Å². The zero-order valence-corrected chi connectivity index (χ0v) is 16.5. The minimum Gasteiger partial charge on any atom is -0.497 e. The molecule has 1 aliphatic rings. The van der Waals surface area contributed by atoms with Gasteiger partial charge in [-0.25, -0.2) is 9.37 Å². The molecule has 1 amide bonds. The molecule has 6 nitrogen and oxygen atoms in total. The Hall–Kier alpha value is -2.93. The van der Waals surface area contributed by atoms with Crippen molar-refractivity contribution in [1.82, 2.24) is 19.8 Å². The normalized spacial score (nSPS) is 15.5. The lowest BCUT2D eigenvalue weighted by molar-refractivity contribution is -0.122. The van der Waals surface area contributed by atoms with Crippen molar-refractivity contribution in [2.45, 2.75) is 25.4 Å². The Balaban J connectivity index is 1.26. The molecule has 0 aliphatic carbocycles. The molecular formula is C22H25FN4O2. The zero-order chi connectivity index (χ0) is 20.2. The molecular weight excluding hydrogens is 371 g/mol. The fourth-order valence-electron chi connectivity index (χ4n) is 3.85. The summed E-state index contributed by atoms with van der Waals surface area (Å²) in [5.41, 5.74) is 2.69. The molecule has 3 aromatic rings. The van der Waals surface area contributed by atoms with E-state index in [0.29, 0.717) is 24.6 Å². The lowest BCUT2D eigenvalue weighted by atomic mass is 10.0. The SMILES string of the molecule is COc1ccc(CNC(=O)CN2CCC(n3cnc4cc(F)ccc43)CC2)cc1. The van der Waals surface area contributed by atoms with Gasteiger partial charge in [-0.2, -0.15) is 0 Å². The van der Waals surface area contributed by atoms with E-state index in [2.05, 4.69) is 19.8 Å². The first kappa shape index (κ1) is 19.4. The second kappa shape index (κ2) is 8.61. The van der Waals surface area contributed by atoms with Crippen LogP contribution in [0.4, 0.5) is 4.39 Å². The molecule has 1 saturated heterocycles. The van der Waals surface area contributed by atoms with Crippen molar-refractivity contribution in [3.8, 4) is 5.75 Å². The molecule has 7 heteroatoms. The summed E-state index contributed by atoms with van der Waals surface area (Å²) in [6, 6.07) is 12.7. The van der Waals surface area contributed by atoms with Crippen molar-refractivity contribution in [1.29, 1.82) is 0 Å². The maximum atomic E-state index is 13.4. The average Bonchev–Trinajstić information content (AvgIpc) is 3.16. The van der Waals surface area contributed by atoms with Gasteiger partial charge in [0, 0.05) is 31.7 Å². The minimum atomic E-state index is -0.266. The van der Waals surface area contributed by atoms with Crippen LogP contribution < -0.4 is 10.1 Å². The number of methoxy groups -OCH3 is 1. The van der Waals surface area contributed by atoms with E-state index in [4.69, 9.17) is 4.74 Å². The molecule has 0 bridgehead atoms. The monoisotopic (exact) mass is 396 g/mol. The Kier molecular flexibility index (Phi) is 5.76. The van der Waals surface area contributed by atoms with Gasteiger partial charge in [0.15, 0.2) is 0 Å². The van der Waals surface area contributed by atoms with Gasteiger partial charge in [-0.1, -0.05) is 12.1 Å². The maximum absolute atomic E-state index is 13.4. The van der Waals surface area contributed by atoms with Crippen LogP contribution in [-0.4, -0.2) is 47.1 Å². The summed E-state index contributed by atoms with van der Waals surface area (Å²) >= 11 is 0. The van der Waals surface area contributed by atoms with Gasteiger partial charge in [0.1, 0.15) is 11.6 Å². The molecule has 0 radical (unpaired) electrons. The number of benzene rings is 2. The number of amides is 1. The Morgan fingerprint density at radius 3 is 2.69 bits per heavy atom. The first-order chi connectivity index (χ1) is 14.1. The number of carbonyl (C=O) groups excluding carboxylic acids is 1. The highest BCUT2D eigenvalue weighted by Crippen LogP contribution is 2.26. The third kappa shape index (κ3) is 4.56. The first-order valence-electron chi connectivity index (χ1n) is 9.86. The number of nitrogens with one attached hydrogen (secondary N) is 1. The van der Waals surface area contributed by atoms with Crippen LogP contribution in [0, 0.1) is 5.82 Å². The topological polar surface area (TPSA) is 59.4 Å². The number of fused-ring (bicyclic) bond motifs is 1. The van der Waals surface area contributed by atoms with Crippen LogP contribution in [0.1, 0.15) is 24.4 Å². The van der Waals surface area contributed by atoms with Crippen LogP contribution in [0.5, 0.6) is 5.75 Å². The van der Waals surface area contributed by atoms with E-state index in [1.807, 2.05) is 24.3 Å². The van der Waals surface area contributed by atoms with Crippen LogP contribution in [0.3, 0.4) is 0 Å². The fourth-order valence-corrected chi connectivity index (χ4v) is 3.85. The van der Waals surface area contributed by atoms with E-state index in [-0.39, 0.29) is 11.7 Å². The summed E-state index contributed by atoms with van der Waals surface area (Å²) in [5.74, 6) is 0.569. The number of imidazole rings is 1. The van der Waals surface area contributed by atoms with Crippen LogP contribution in [0.15, 0.2) is 48.8 Å². The molecule has 0 saturated carbocycles. The Morgan fingerprint density at radius 2 is 1.97 bits per heavy atom. The number of hydrogen-bond acceptors (Lipinski definition) is 4. The van der Waals surface area contributed by atoms with Gasteiger partial charge in [-0.15, -0.1) is 0 Å². The van der Waals surface area contributed by atoms with E-state index in [0.717, 1.165) is 42.8 Å². The van der Waals surface area contributed by atoms with Gasteiger partial charge >= 0.3 is 0 Å². The number of halogens is 1. The van der Waals surface area contributed by atoms with E-state index < -0.39 is 0 Å². The molecule has 152 valence electrons. The van der Waals surface area contributed by atoms with Gasteiger partial charge in [-0.05, 0) is 42.7 Å². The number of ether oxygens (including phenoxy) is 1. The summed E-state index contributed by atoms with van der Waals surface area (Å²) in [4.78, 5) is 18.8. The fraction of sp³-hybridized carbons (Fsp3) is 0.364. The van der Waals surface area contributed by atoms with Crippen molar-refractivity contribution in [2.24, 2.45) is 0 Å². The molecule has 1 aliphatic heterocycles. The molecule has 0 unspecified atom stereocenters. The molecule has 0 spiro atoms. The van der Waals surface area contributed by atoms with Gasteiger partial charge in [0.2, 0.25) is 5.91 Å². The lowest BCUT2D eigenvalue weighted by Gasteiger charge is -2.32. The summed E-state index contributed by atoms with van der Waals surface area (Å²) in [7, 11) is 1.63. The van der Waals surface area contributed by atoms with Gasteiger partial charge < -0.3 is 14.6 Å². The highest BCUT2D eigenvalue weighted by molar-refractivity contribution is 5.78. The second-order valence-corrected chi connectivity index (χ2v) is 7.42. The third-order valence-electron chi connectivity index (χ3n) is 5.50. The summed E-state index contributed by atoms with van der Waals surface area (Å²) in [5, 5.41) is 2.98. The predicted molar refractivity (Wildman–Crippen MR) is 109 cm³/mol. The molecule has 2 aromatic carbocycles. The summed E-state index contributed by atoms with van der Waals surface area (Å²) in [6.07, 6.45) is 3.68. The van der Waals surface area contributed by atoms with Gasteiger partial charge in [0.05, 0.1) is 31.0 Å². The Morgan fingerprint density at radius 1 is 1.21 bits per heavy atom. The van der Waals surface area contributed by atoms with Crippen molar-refractivity contribution >= 4 is 16.9 Å². The van der Waals surface area contributed by atoms with Crippen LogP contribution in [-0.2, 0) is 11.3 Å². The smallest absolute Gasteiger partial charge is 0.234 e. The minimum absolute atomic E-state index is 0.0304. The standard InChI is InChI=1S/C22H25FN4O2/c1-29-19-5-2-16(3-6-19)13-24-22(28)14-26-10-8-18(9-11-26)27-15-25-20-12-17(23)4-7-21(20)27/h2-7,12,15,18H,8-11,13-14H2,1H3,(H,24,28). The molecule has 29 heavy (non-hydrogen) atoms. The number of hydrogen-bond donors (Lipinski definition) is 1. The van der Waals surface area contributed by atoms with Crippen molar-refractivity contribution in [2.75, 3.05) is 26.7 Å². The third-order valence-corrected chi connectivity index (χ3v) is 5.50. The zero-order valence-electron chi connectivity index (χ0n) is 16.5. The van der Waals surface area contributed by atoms with E-state index in [1.165, 1.54) is 12.1 Å². The highest BCUT2D eigenvalue weighted by atomic mass is 19.1. The van der Waals surface area contributed by atoms with Crippen LogP contribution in [0.25, 0.3) is 11.0 Å². The second-order valence-electron chi connectivity index (χ2n) is 7.42.